The third-order valence-electron chi connectivity index (χ3n) is 1.57. The summed E-state index contributed by atoms with van der Waals surface area (Å²) in [5.41, 5.74) is 0. The van der Waals surface area contributed by atoms with Crippen molar-refractivity contribution < 1.29 is 37.0 Å². The van der Waals surface area contributed by atoms with Gasteiger partial charge in [0, 0.05) is 0 Å². The second-order valence-electron chi connectivity index (χ2n) is 2.68. The maximum atomic E-state index is 12.3. The molecule has 1 heterocycles. The van der Waals surface area contributed by atoms with Crippen molar-refractivity contribution >= 4 is 12.1 Å². The summed E-state index contributed by atoms with van der Waals surface area (Å²) >= 11 is 0. The molecular weight excluding hydrogens is 233 g/mol. The molecule has 88 valence electrons. The van der Waals surface area contributed by atoms with E-state index in [0.717, 1.165) is 0 Å². The number of carbonyl (C=O) groups excluding carboxylic acids is 2. The zero-order valence-electron chi connectivity index (χ0n) is 7.61. The normalized spacial score (nSPS) is 24.2. The van der Waals surface area contributed by atoms with Crippen LogP contribution in [0.1, 0.15) is 0 Å². The Morgan fingerprint density at radius 3 is 2.62 bits per heavy atom. The second-order valence-corrected chi connectivity index (χ2v) is 2.68. The first-order valence-electron chi connectivity index (χ1n) is 3.90. The van der Waals surface area contributed by atoms with Crippen molar-refractivity contribution in [3.8, 4) is 12.3 Å². The summed E-state index contributed by atoms with van der Waals surface area (Å²) < 4.78 is 48.8. The average molecular weight is 238 g/mol. The molecule has 0 aromatic heterocycles. The summed E-state index contributed by atoms with van der Waals surface area (Å²) in [6, 6.07) is 0. The lowest BCUT2D eigenvalue weighted by molar-refractivity contribution is -0.209. The summed E-state index contributed by atoms with van der Waals surface area (Å²) in [7, 11) is 0. The van der Waals surface area contributed by atoms with Gasteiger partial charge in [-0.25, -0.2) is 9.59 Å². The molecule has 1 rings (SSSR count). The van der Waals surface area contributed by atoms with E-state index in [2.05, 4.69) is 14.2 Å². The third kappa shape index (κ3) is 2.56. The van der Waals surface area contributed by atoms with Gasteiger partial charge in [-0.05, 0) is 0 Å². The minimum Gasteiger partial charge on any atom is -0.450 e. The molecule has 1 fully saturated rings. The minimum absolute atomic E-state index is 0.516. The number of alkyl halides is 3. The van der Waals surface area contributed by atoms with Crippen LogP contribution in [0.25, 0.3) is 0 Å². The van der Waals surface area contributed by atoms with E-state index in [1.807, 2.05) is 5.92 Å². The van der Waals surface area contributed by atoms with Crippen LogP contribution in [0.2, 0.25) is 0 Å². The van der Waals surface area contributed by atoms with Crippen LogP contribution in [0.3, 0.4) is 0 Å². The Morgan fingerprint density at radius 2 is 2.12 bits per heavy atom. The van der Waals surface area contributed by atoms with Crippen molar-refractivity contribution in [2.24, 2.45) is 0 Å². The highest BCUT2D eigenvalue weighted by Gasteiger charge is 2.57. The molecule has 2 atom stereocenters. The van der Waals surface area contributed by atoms with E-state index >= 15 is 0 Å². The maximum absolute atomic E-state index is 12.3. The number of cyclic esters (lactones) is 2. The molecular formula is C8H5F3O5. The zero-order valence-corrected chi connectivity index (χ0v) is 7.61. The first-order chi connectivity index (χ1) is 7.36. The van der Waals surface area contributed by atoms with Crippen molar-refractivity contribution in [2.75, 3.05) is 6.61 Å². The quantitative estimate of drug-likeness (QED) is 0.521. The Hall–Kier alpha value is -1.91. The molecule has 16 heavy (non-hydrogen) atoms. The van der Waals surface area contributed by atoms with Gasteiger partial charge in [-0.3, -0.25) is 0 Å². The van der Waals surface area contributed by atoms with Gasteiger partial charge >= 0.3 is 18.3 Å². The van der Waals surface area contributed by atoms with Gasteiger partial charge in [0.25, 0.3) is 0 Å². The molecule has 5 nitrogen and oxygen atoms in total. The van der Waals surface area contributed by atoms with Crippen LogP contribution in [0, 0.1) is 12.3 Å². The molecule has 0 aromatic rings. The number of hydrogen-bond acceptors (Lipinski definition) is 5. The monoisotopic (exact) mass is 238 g/mol. The molecule has 0 aliphatic carbocycles. The topological polar surface area (TPSA) is 61.8 Å². The lowest BCUT2D eigenvalue weighted by Gasteiger charge is -2.16. The molecule has 0 radical (unpaired) electrons. The van der Waals surface area contributed by atoms with E-state index in [1.54, 1.807) is 0 Å². The van der Waals surface area contributed by atoms with Gasteiger partial charge in [-0.2, -0.15) is 13.2 Å². The zero-order chi connectivity index (χ0) is 12.3. The highest BCUT2D eigenvalue weighted by atomic mass is 19.4. The minimum atomic E-state index is -4.91. The molecule has 2 unspecified atom stereocenters. The lowest BCUT2D eigenvalue weighted by atomic mass is 10.2. The maximum Gasteiger partial charge on any atom is 0.510 e. The van der Waals surface area contributed by atoms with Crippen LogP contribution in [-0.4, -0.2) is 37.1 Å². The fourth-order valence-electron chi connectivity index (χ4n) is 0.964. The molecule has 1 aliphatic rings. The van der Waals surface area contributed by atoms with E-state index in [4.69, 9.17) is 6.42 Å². The number of esters is 1. The average Bonchev–Trinajstić information content (AvgIpc) is 2.56. The number of carbonyl (C=O) groups is 2. The van der Waals surface area contributed by atoms with Crippen molar-refractivity contribution in [1.82, 2.24) is 0 Å². The predicted octanol–water partition coefficient (Wildman–Crippen LogP) is 0.629. The Bertz CT molecular complexity index is 343. The predicted molar refractivity (Wildman–Crippen MR) is 41.0 cm³/mol. The first kappa shape index (κ1) is 12.2. The van der Waals surface area contributed by atoms with Gasteiger partial charge in [-0.15, -0.1) is 6.42 Å². The number of halogens is 3. The van der Waals surface area contributed by atoms with E-state index in [9.17, 15) is 22.8 Å². The summed E-state index contributed by atoms with van der Waals surface area (Å²) in [6.45, 7) is -0.516. The fourth-order valence-corrected chi connectivity index (χ4v) is 0.964. The number of hydrogen-bond donors (Lipinski definition) is 0. The summed E-state index contributed by atoms with van der Waals surface area (Å²) in [4.78, 5) is 21.5. The molecule has 0 N–H and O–H groups in total. The van der Waals surface area contributed by atoms with Crippen LogP contribution in [-0.2, 0) is 19.0 Å². The van der Waals surface area contributed by atoms with Gasteiger partial charge in [0.15, 0.2) is 6.61 Å². The highest BCUT2D eigenvalue weighted by molar-refractivity contribution is 5.80. The van der Waals surface area contributed by atoms with Crippen LogP contribution in [0.15, 0.2) is 0 Å². The van der Waals surface area contributed by atoms with E-state index in [1.165, 1.54) is 0 Å². The highest BCUT2D eigenvalue weighted by Crippen LogP contribution is 2.31. The Kier molecular flexibility index (Phi) is 3.27. The lowest BCUT2D eigenvalue weighted by Crippen LogP contribution is -2.42. The second kappa shape index (κ2) is 4.30. The van der Waals surface area contributed by atoms with Crippen LogP contribution >= 0.6 is 0 Å². The van der Waals surface area contributed by atoms with Crippen LogP contribution in [0.4, 0.5) is 18.0 Å². The SMILES string of the molecule is C#CCOC(=O)C1OC(=O)OC1C(F)(F)F. The molecule has 0 saturated carbocycles. The molecule has 0 spiro atoms. The van der Waals surface area contributed by atoms with Gasteiger partial charge in [0.1, 0.15) is 0 Å². The van der Waals surface area contributed by atoms with Crippen LogP contribution < -0.4 is 0 Å². The van der Waals surface area contributed by atoms with E-state index in [0.29, 0.717) is 0 Å². The Labute approximate surface area is 87.4 Å². The fraction of sp³-hybridized carbons (Fsp3) is 0.500. The van der Waals surface area contributed by atoms with Gasteiger partial charge in [-0.1, -0.05) is 5.92 Å². The Balaban J connectivity index is 2.74. The largest absolute Gasteiger partial charge is 0.510 e. The van der Waals surface area contributed by atoms with Crippen molar-refractivity contribution in [3.63, 3.8) is 0 Å². The number of rotatable bonds is 2. The smallest absolute Gasteiger partial charge is 0.450 e. The van der Waals surface area contributed by atoms with E-state index < -0.39 is 37.1 Å². The summed E-state index contributed by atoms with van der Waals surface area (Å²) in [6.07, 6.45) is -6.58. The summed E-state index contributed by atoms with van der Waals surface area (Å²) in [5.74, 6) is 0.484. The first-order valence-corrected chi connectivity index (χ1v) is 3.90. The number of terminal acetylenes is 1. The van der Waals surface area contributed by atoms with Crippen molar-refractivity contribution in [3.05, 3.63) is 0 Å². The molecule has 0 amide bonds. The van der Waals surface area contributed by atoms with Crippen molar-refractivity contribution in [1.29, 1.82) is 0 Å². The van der Waals surface area contributed by atoms with Gasteiger partial charge in [0.2, 0.25) is 12.2 Å². The van der Waals surface area contributed by atoms with Gasteiger partial charge < -0.3 is 14.2 Å². The molecule has 8 heteroatoms. The molecule has 0 aromatic carbocycles. The Morgan fingerprint density at radius 1 is 1.50 bits per heavy atom. The molecule has 1 aliphatic heterocycles. The third-order valence-corrected chi connectivity index (χ3v) is 1.57. The van der Waals surface area contributed by atoms with Gasteiger partial charge in [0.05, 0.1) is 0 Å². The molecule has 0 bridgehead atoms. The van der Waals surface area contributed by atoms with E-state index in [-0.39, 0.29) is 0 Å². The van der Waals surface area contributed by atoms with Crippen LogP contribution in [0.5, 0.6) is 0 Å². The summed E-state index contributed by atoms with van der Waals surface area (Å²) in [5, 5.41) is 0. The van der Waals surface area contributed by atoms with Crippen molar-refractivity contribution in [2.45, 2.75) is 18.4 Å². The number of ether oxygens (including phenoxy) is 3. The standard InChI is InChI=1S/C8H5F3O5/c1-2-3-14-6(12)4-5(8(9,10)11)16-7(13)15-4/h1,4-5H,3H2. The molecule has 1 saturated heterocycles.